The molecule has 0 spiro atoms. The molecule has 1 N–H and O–H groups in total. The van der Waals surface area contributed by atoms with Crippen molar-refractivity contribution < 1.29 is 14.6 Å². The van der Waals surface area contributed by atoms with E-state index in [0.29, 0.717) is 12.2 Å². The summed E-state index contributed by atoms with van der Waals surface area (Å²) in [7, 11) is 0. The van der Waals surface area contributed by atoms with Crippen LogP contribution in [0.2, 0.25) is 0 Å². The van der Waals surface area contributed by atoms with Crippen molar-refractivity contribution in [2.75, 3.05) is 6.61 Å². The summed E-state index contributed by atoms with van der Waals surface area (Å²) in [6.07, 6.45) is 0.943. The first-order valence-electron chi connectivity index (χ1n) is 5.45. The van der Waals surface area contributed by atoms with Crippen LogP contribution in [0.15, 0.2) is 6.07 Å². The van der Waals surface area contributed by atoms with Crippen molar-refractivity contribution in [1.29, 1.82) is 0 Å². The molecule has 3 heteroatoms. The van der Waals surface area contributed by atoms with Crippen LogP contribution in [0.5, 0.6) is 5.75 Å². The Bertz CT molecular complexity index is 408. The van der Waals surface area contributed by atoms with Crippen molar-refractivity contribution in [3.8, 4) is 5.75 Å². The second kappa shape index (κ2) is 5.01. The Morgan fingerprint density at radius 3 is 2.44 bits per heavy atom. The van der Waals surface area contributed by atoms with Crippen LogP contribution < -0.4 is 4.74 Å². The number of aryl methyl sites for hydroxylation is 1. The number of carboxylic acid groups (broad SMARTS) is 1. The number of ether oxygens (including phenoxy) is 1. The summed E-state index contributed by atoms with van der Waals surface area (Å²) in [5.41, 5.74) is 2.85. The lowest BCUT2D eigenvalue weighted by molar-refractivity contribution is 0.0695. The minimum atomic E-state index is -0.875. The number of hydrogen-bond acceptors (Lipinski definition) is 2. The first kappa shape index (κ1) is 12.6. The lowest BCUT2D eigenvalue weighted by Gasteiger charge is -2.14. The van der Waals surface area contributed by atoms with Crippen LogP contribution in [0.3, 0.4) is 0 Å². The normalized spacial score (nSPS) is 10.2. The van der Waals surface area contributed by atoms with E-state index in [9.17, 15) is 4.79 Å². The molecule has 1 aromatic rings. The summed E-state index contributed by atoms with van der Waals surface area (Å²) in [5.74, 6) is -0.0815. The molecule has 88 valence electrons. The summed E-state index contributed by atoms with van der Waals surface area (Å²) in [4.78, 5) is 11.1. The van der Waals surface area contributed by atoms with Gasteiger partial charge < -0.3 is 9.84 Å². The highest BCUT2D eigenvalue weighted by Gasteiger charge is 2.15. The highest BCUT2D eigenvalue weighted by molar-refractivity contribution is 5.91. The fourth-order valence-electron chi connectivity index (χ4n) is 1.74. The Kier molecular flexibility index (Phi) is 3.93. The zero-order chi connectivity index (χ0) is 12.3. The summed E-state index contributed by atoms with van der Waals surface area (Å²) in [6.45, 7) is 8.22. The summed E-state index contributed by atoms with van der Waals surface area (Å²) in [5, 5.41) is 9.10. The van der Waals surface area contributed by atoms with Gasteiger partial charge in [-0.2, -0.15) is 0 Å². The van der Waals surface area contributed by atoms with Gasteiger partial charge in [-0.1, -0.05) is 6.92 Å². The number of benzene rings is 1. The Labute approximate surface area is 96.1 Å². The van der Waals surface area contributed by atoms with Gasteiger partial charge in [-0.25, -0.2) is 4.79 Å². The zero-order valence-corrected chi connectivity index (χ0v) is 10.3. The molecule has 0 saturated heterocycles. The molecule has 1 aromatic carbocycles. The van der Waals surface area contributed by atoms with Crippen molar-refractivity contribution in [1.82, 2.24) is 0 Å². The average molecular weight is 222 g/mol. The maximum Gasteiger partial charge on any atom is 0.336 e. The van der Waals surface area contributed by atoms with Crippen LogP contribution in [0.4, 0.5) is 0 Å². The van der Waals surface area contributed by atoms with Gasteiger partial charge in [0.1, 0.15) is 5.75 Å². The fourth-order valence-corrected chi connectivity index (χ4v) is 1.74. The first-order chi connectivity index (χ1) is 7.49. The van der Waals surface area contributed by atoms with Crippen molar-refractivity contribution in [2.45, 2.75) is 34.1 Å². The van der Waals surface area contributed by atoms with Gasteiger partial charge in [0.15, 0.2) is 0 Å². The Balaban J connectivity index is 3.22. The number of carboxylic acids is 1. The highest BCUT2D eigenvalue weighted by Crippen LogP contribution is 2.27. The van der Waals surface area contributed by atoms with E-state index in [-0.39, 0.29) is 0 Å². The van der Waals surface area contributed by atoms with E-state index in [0.717, 1.165) is 28.9 Å². The Morgan fingerprint density at radius 2 is 1.94 bits per heavy atom. The minimum absolute atomic E-state index is 0.390. The number of carbonyl (C=O) groups is 1. The van der Waals surface area contributed by atoms with E-state index in [2.05, 4.69) is 0 Å². The quantitative estimate of drug-likeness (QED) is 0.851. The van der Waals surface area contributed by atoms with E-state index in [4.69, 9.17) is 9.84 Å². The molecule has 16 heavy (non-hydrogen) atoms. The molecule has 0 heterocycles. The minimum Gasteiger partial charge on any atom is -0.493 e. The molecule has 1 rings (SSSR count). The lowest BCUT2D eigenvalue weighted by atomic mass is 9.97. The zero-order valence-electron chi connectivity index (χ0n) is 10.3. The van der Waals surface area contributed by atoms with Crippen LogP contribution in [-0.2, 0) is 0 Å². The second-order valence-electron chi connectivity index (χ2n) is 3.97. The summed E-state index contributed by atoms with van der Waals surface area (Å²) >= 11 is 0. The maximum atomic E-state index is 11.1. The van der Waals surface area contributed by atoms with Crippen molar-refractivity contribution in [3.63, 3.8) is 0 Å². The third-order valence-corrected chi connectivity index (χ3v) is 2.72. The molecular formula is C13H18O3. The topological polar surface area (TPSA) is 46.5 Å². The van der Waals surface area contributed by atoms with Crippen LogP contribution in [0.25, 0.3) is 0 Å². The van der Waals surface area contributed by atoms with Crippen molar-refractivity contribution in [3.05, 3.63) is 28.3 Å². The van der Waals surface area contributed by atoms with Gasteiger partial charge >= 0.3 is 5.97 Å². The molecule has 0 amide bonds. The predicted octanol–water partition coefficient (Wildman–Crippen LogP) is 3.10. The predicted molar refractivity (Wildman–Crippen MR) is 63.4 cm³/mol. The average Bonchev–Trinajstić information content (AvgIpc) is 2.21. The number of rotatable bonds is 4. The van der Waals surface area contributed by atoms with Gasteiger partial charge in [-0.3, -0.25) is 0 Å². The molecular weight excluding hydrogens is 204 g/mol. The van der Waals surface area contributed by atoms with E-state index in [1.165, 1.54) is 0 Å². The smallest absolute Gasteiger partial charge is 0.336 e. The monoisotopic (exact) mass is 222 g/mol. The third-order valence-electron chi connectivity index (χ3n) is 2.72. The number of hydrogen-bond donors (Lipinski definition) is 1. The van der Waals surface area contributed by atoms with Crippen LogP contribution in [0, 0.1) is 20.8 Å². The van der Waals surface area contributed by atoms with Gasteiger partial charge in [0.25, 0.3) is 0 Å². The van der Waals surface area contributed by atoms with Gasteiger partial charge in [0.05, 0.1) is 12.2 Å². The standard InChI is InChI=1S/C13H18O3/c1-5-6-16-11-7-8(2)12(13(14)15)10(4)9(11)3/h7H,5-6H2,1-4H3,(H,14,15). The molecule has 0 atom stereocenters. The van der Waals surface area contributed by atoms with Crippen molar-refractivity contribution >= 4 is 5.97 Å². The maximum absolute atomic E-state index is 11.1. The van der Waals surface area contributed by atoms with E-state index in [1.54, 1.807) is 13.0 Å². The molecule has 0 saturated carbocycles. The molecule has 0 fully saturated rings. The van der Waals surface area contributed by atoms with E-state index >= 15 is 0 Å². The molecule has 0 radical (unpaired) electrons. The van der Waals surface area contributed by atoms with Crippen LogP contribution >= 0.6 is 0 Å². The lowest BCUT2D eigenvalue weighted by Crippen LogP contribution is -2.07. The second-order valence-corrected chi connectivity index (χ2v) is 3.97. The van der Waals surface area contributed by atoms with Crippen molar-refractivity contribution in [2.24, 2.45) is 0 Å². The van der Waals surface area contributed by atoms with Crippen LogP contribution in [0.1, 0.15) is 40.4 Å². The van der Waals surface area contributed by atoms with Gasteiger partial charge in [0.2, 0.25) is 0 Å². The van der Waals surface area contributed by atoms with Gasteiger partial charge in [0, 0.05) is 0 Å². The van der Waals surface area contributed by atoms with E-state index < -0.39 is 5.97 Å². The summed E-state index contributed by atoms with van der Waals surface area (Å²) < 4.78 is 5.59. The first-order valence-corrected chi connectivity index (χ1v) is 5.45. The molecule has 0 unspecified atom stereocenters. The summed E-state index contributed by atoms with van der Waals surface area (Å²) in [6, 6.07) is 1.81. The van der Waals surface area contributed by atoms with Gasteiger partial charge in [-0.15, -0.1) is 0 Å². The molecule has 0 aliphatic carbocycles. The Hall–Kier alpha value is -1.51. The fraction of sp³-hybridized carbons (Fsp3) is 0.462. The van der Waals surface area contributed by atoms with Gasteiger partial charge in [-0.05, 0) is 49.9 Å². The molecule has 0 aromatic heterocycles. The highest BCUT2D eigenvalue weighted by atomic mass is 16.5. The molecule has 0 bridgehead atoms. The van der Waals surface area contributed by atoms with E-state index in [1.807, 2.05) is 20.8 Å². The third kappa shape index (κ3) is 2.35. The molecule has 0 aliphatic rings. The molecule has 0 aliphatic heterocycles. The van der Waals surface area contributed by atoms with Crippen LogP contribution in [-0.4, -0.2) is 17.7 Å². The largest absolute Gasteiger partial charge is 0.493 e. The SMILES string of the molecule is CCCOc1cc(C)c(C(=O)O)c(C)c1C. The Morgan fingerprint density at radius 1 is 1.31 bits per heavy atom. The number of aromatic carboxylic acids is 1. The molecule has 3 nitrogen and oxygen atoms in total.